The number of aromatic nitrogens is 2. The molecule has 0 unspecified atom stereocenters. The molecule has 4 nitrogen and oxygen atoms in total. The second-order valence-electron chi connectivity index (χ2n) is 4.60. The van der Waals surface area contributed by atoms with E-state index in [0.717, 1.165) is 0 Å². The normalized spacial score (nSPS) is 12.0. The van der Waals surface area contributed by atoms with E-state index in [9.17, 15) is 18.0 Å². The topological polar surface area (TPSA) is 44.1 Å². The molecule has 0 aromatic carbocycles. The van der Waals surface area contributed by atoms with Crippen molar-refractivity contribution in [2.75, 3.05) is 6.61 Å². The molecule has 1 aromatic heterocycles. The van der Waals surface area contributed by atoms with E-state index in [2.05, 4.69) is 9.84 Å². The summed E-state index contributed by atoms with van der Waals surface area (Å²) in [6, 6.07) is 0. The van der Waals surface area contributed by atoms with Crippen LogP contribution in [0.5, 0.6) is 0 Å². The van der Waals surface area contributed by atoms with Crippen molar-refractivity contribution in [2.45, 2.75) is 40.4 Å². The molecule has 0 aliphatic carbocycles. The van der Waals surface area contributed by atoms with E-state index in [4.69, 9.17) is 0 Å². The monoisotopic (exact) mass is 278 g/mol. The zero-order valence-electron chi connectivity index (χ0n) is 11.3. The van der Waals surface area contributed by atoms with Crippen LogP contribution < -0.4 is 0 Å². The molecule has 0 atom stereocenters. The fourth-order valence-electron chi connectivity index (χ4n) is 1.72. The highest BCUT2D eigenvalue weighted by Gasteiger charge is 2.41. The number of alkyl halides is 3. The number of hydrogen-bond donors (Lipinski definition) is 0. The minimum Gasteiger partial charge on any atom is -0.462 e. The summed E-state index contributed by atoms with van der Waals surface area (Å²) >= 11 is 0. The number of hydrogen-bond acceptors (Lipinski definition) is 3. The Morgan fingerprint density at radius 1 is 1.42 bits per heavy atom. The van der Waals surface area contributed by atoms with Gasteiger partial charge in [0.25, 0.3) is 0 Å². The third-order valence-corrected chi connectivity index (χ3v) is 2.49. The maximum absolute atomic E-state index is 12.9. The molecular weight excluding hydrogens is 261 g/mol. The Labute approximate surface area is 109 Å². The van der Waals surface area contributed by atoms with E-state index in [-0.39, 0.29) is 18.2 Å². The van der Waals surface area contributed by atoms with Crippen molar-refractivity contribution >= 4 is 5.97 Å². The van der Waals surface area contributed by atoms with Gasteiger partial charge in [0.05, 0.1) is 12.3 Å². The molecule has 0 radical (unpaired) electrons. The molecule has 0 spiro atoms. The van der Waals surface area contributed by atoms with Crippen LogP contribution in [0.15, 0.2) is 0 Å². The van der Waals surface area contributed by atoms with Crippen molar-refractivity contribution in [3.05, 3.63) is 17.0 Å². The molecule has 1 aromatic rings. The predicted molar refractivity (Wildman–Crippen MR) is 62.8 cm³/mol. The fourth-order valence-corrected chi connectivity index (χ4v) is 1.72. The average molecular weight is 278 g/mol. The third kappa shape index (κ3) is 3.48. The number of rotatable bonds is 4. The maximum atomic E-state index is 12.9. The Bertz CT molecular complexity index is 464. The molecule has 0 saturated carbocycles. The van der Waals surface area contributed by atoms with E-state index in [1.807, 2.05) is 13.8 Å². The van der Waals surface area contributed by atoms with Crippen molar-refractivity contribution in [1.82, 2.24) is 9.78 Å². The molecule has 19 heavy (non-hydrogen) atoms. The maximum Gasteiger partial charge on any atom is 0.436 e. The lowest BCUT2D eigenvalue weighted by Crippen LogP contribution is -2.15. The Hall–Kier alpha value is -1.53. The van der Waals surface area contributed by atoms with Crippen molar-refractivity contribution in [3.63, 3.8) is 0 Å². The quantitative estimate of drug-likeness (QED) is 0.795. The van der Waals surface area contributed by atoms with Crippen LogP contribution in [0.4, 0.5) is 13.2 Å². The van der Waals surface area contributed by atoms with E-state index >= 15 is 0 Å². The molecule has 1 rings (SSSR count). The summed E-state index contributed by atoms with van der Waals surface area (Å²) in [6.45, 7) is 7.03. The van der Waals surface area contributed by atoms with Crippen molar-refractivity contribution in [3.8, 4) is 0 Å². The first-order chi connectivity index (χ1) is 8.68. The molecule has 0 fully saturated rings. The summed E-state index contributed by atoms with van der Waals surface area (Å²) < 4.78 is 44.6. The van der Waals surface area contributed by atoms with Gasteiger partial charge in [0.1, 0.15) is 5.56 Å². The Morgan fingerprint density at radius 3 is 2.42 bits per heavy atom. The van der Waals surface area contributed by atoms with Gasteiger partial charge < -0.3 is 4.74 Å². The van der Waals surface area contributed by atoms with Crippen molar-refractivity contribution in [2.24, 2.45) is 5.92 Å². The lowest BCUT2D eigenvalue weighted by molar-refractivity contribution is -0.142. The second-order valence-corrected chi connectivity index (χ2v) is 4.60. The van der Waals surface area contributed by atoms with Crippen LogP contribution in [-0.4, -0.2) is 22.4 Å². The summed E-state index contributed by atoms with van der Waals surface area (Å²) in [5, 5.41) is 3.52. The molecule has 1 heterocycles. The molecule has 108 valence electrons. The SMILES string of the molecule is CCOC(=O)c1c(C(F)(F)F)nn(CC(C)C)c1C. The summed E-state index contributed by atoms with van der Waals surface area (Å²) in [5.41, 5.74) is -1.49. The Balaban J connectivity index is 3.32. The third-order valence-electron chi connectivity index (χ3n) is 2.49. The van der Waals surface area contributed by atoms with E-state index in [1.165, 1.54) is 11.6 Å². The standard InChI is InChI=1S/C12H17F3N2O2/c1-5-19-11(18)9-8(4)17(6-7(2)3)16-10(9)12(13,14)15/h7H,5-6H2,1-4H3. The highest BCUT2D eigenvalue weighted by atomic mass is 19.4. The van der Waals surface area contributed by atoms with Crippen molar-refractivity contribution in [1.29, 1.82) is 0 Å². The predicted octanol–water partition coefficient (Wildman–Crippen LogP) is 3.04. The first-order valence-electron chi connectivity index (χ1n) is 6.00. The van der Waals surface area contributed by atoms with Gasteiger partial charge in [0, 0.05) is 6.54 Å². The number of ether oxygens (including phenoxy) is 1. The minimum absolute atomic E-state index is 0.0188. The van der Waals surface area contributed by atoms with Gasteiger partial charge in [0.15, 0.2) is 5.69 Å². The van der Waals surface area contributed by atoms with Crippen LogP contribution in [0.2, 0.25) is 0 Å². The fraction of sp³-hybridized carbons (Fsp3) is 0.667. The van der Waals surface area contributed by atoms with Crippen molar-refractivity contribution < 1.29 is 22.7 Å². The average Bonchev–Trinajstić information content (AvgIpc) is 2.55. The van der Waals surface area contributed by atoms with Gasteiger partial charge in [-0.15, -0.1) is 0 Å². The molecular formula is C12H17F3N2O2. The molecule has 0 aliphatic heterocycles. The molecule has 0 N–H and O–H groups in total. The highest BCUT2D eigenvalue weighted by Crippen LogP contribution is 2.33. The number of esters is 1. The summed E-state index contributed by atoms with van der Waals surface area (Å²) in [7, 11) is 0. The molecule has 7 heteroatoms. The Morgan fingerprint density at radius 2 is 2.00 bits per heavy atom. The van der Waals surface area contributed by atoms with E-state index in [1.54, 1.807) is 6.92 Å². The second kappa shape index (κ2) is 5.63. The molecule has 0 amide bonds. The summed E-state index contributed by atoms with van der Waals surface area (Å²) in [5.74, 6) is -0.864. The zero-order chi connectivity index (χ0) is 14.8. The first-order valence-corrected chi connectivity index (χ1v) is 6.00. The number of halogens is 3. The number of carbonyl (C=O) groups is 1. The number of nitrogens with zero attached hydrogens (tertiary/aromatic N) is 2. The van der Waals surface area contributed by atoms with Gasteiger partial charge in [-0.05, 0) is 19.8 Å². The molecule has 0 saturated heterocycles. The highest BCUT2D eigenvalue weighted by molar-refractivity contribution is 5.92. The lowest BCUT2D eigenvalue weighted by atomic mass is 10.1. The van der Waals surface area contributed by atoms with Gasteiger partial charge in [-0.1, -0.05) is 13.8 Å². The van der Waals surface area contributed by atoms with E-state index < -0.39 is 23.4 Å². The van der Waals surface area contributed by atoms with Gasteiger partial charge in [0.2, 0.25) is 0 Å². The van der Waals surface area contributed by atoms with E-state index in [0.29, 0.717) is 6.54 Å². The largest absolute Gasteiger partial charge is 0.462 e. The first kappa shape index (κ1) is 15.5. The van der Waals surface area contributed by atoms with Gasteiger partial charge in [-0.25, -0.2) is 4.79 Å². The summed E-state index contributed by atoms with van der Waals surface area (Å²) in [6.07, 6.45) is -4.67. The van der Waals surface area contributed by atoms with Crippen LogP contribution in [0.1, 0.15) is 42.5 Å². The van der Waals surface area contributed by atoms with Crippen LogP contribution in [0.3, 0.4) is 0 Å². The van der Waals surface area contributed by atoms with Gasteiger partial charge in [-0.2, -0.15) is 18.3 Å². The van der Waals surface area contributed by atoms with Gasteiger partial charge >= 0.3 is 12.1 Å². The van der Waals surface area contributed by atoms with Gasteiger partial charge in [-0.3, -0.25) is 4.68 Å². The number of carbonyl (C=O) groups excluding carboxylic acids is 1. The minimum atomic E-state index is -4.67. The van der Waals surface area contributed by atoms with Crippen LogP contribution >= 0.6 is 0 Å². The summed E-state index contributed by atoms with van der Waals surface area (Å²) in [4.78, 5) is 11.7. The van der Waals surface area contributed by atoms with Crippen LogP contribution in [0.25, 0.3) is 0 Å². The Kier molecular flexibility index (Phi) is 4.60. The molecule has 0 bridgehead atoms. The van der Waals surface area contributed by atoms with Crippen LogP contribution in [-0.2, 0) is 17.5 Å². The zero-order valence-corrected chi connectivity index (χ0v) is 11.3. The lowest BCUT2D eigenvalue weighted by Gasteiger charge is -2.07. The van der Waals surface area contributed by atoms with Crippen LogP contribution in [0, 0.1) is 12.8 Å². The molecule has 0 aliphatic rings. The smallest absolute Gasteiger partial charge is 0.436 e.